The molecule has 0 unspecified atom stereocenters. The molecule has 0 atom stereocenters. The van der Waals surface area contributed by atoms with E-state index in [0.29, 0.717) is 5.56 Å². The molecule has 0 spiro atoms. The van der Waals surface area contributed by atoms with E-state index in [9.17, 15) is 17.2 Å². The van der Waals surface area contributed by atoms with Gasteiger partial charge in [0.1, 0.15) is 5.82 Å². The minimum atomic E-state index is -3.77. The van der Waals surface area contributed by atoms with E-state index in [4.69, 9.17) is 4.74 Å². The summed E-state index contributed by atoms with van der Waals surface area (Å²) in [4.78, 5) is -0.0228. The van der Waals surface area contributed by atoms with Gasteiger partial charge in [-0.1, -0.05) is 6.07 Å². The Bertz CT molecular complexity index is 761. The van der Waals surface area contributed by atoms with Crippen molar-refractivity contribution in [2.75, 3.05) is 14.2 Å². The van der Waals surface area contributed by atoms with Gasteiger partial charge in [-0.3, -0.25) is 0 Å². The first kappa shape index (κ1) is 16.4. The molecule has 0 heterocycles. The van der Waals surface area contributed by atoms with Gasteiger partial charge in [-0.25, -0.2) is 17.2 Å². The molecule has 0 aliphatic carbocycles. The summed E-state index contributed by atoms with van der Waals surface area (Å²) >= 11 is 0. The van der Waals surface area contributed by atoms with Gasteiger partial charge in [0.2, 0.25) is 10.0 Å². The largest absolute Gasteiger partial charge is 0.494 e. The molecule has 0 aliphatic heterocycles. The monoisotopic (exact) mass is 327 g/mol. The summed E-state index contributed by atoms with van der Waals surface area (Å²) < 4.78 is 57.1. The molecule has 0 bridgehead atoms. The molecule has 118 valence electrons. The van der Waals surface area contributed by atoms with Crippen LogP contribution in [0.4, 0.5) is 8.78 Å². The van der Waals surface area contributed by atoms with Crippen molar-refractivity contribution in [3.8, 4) is 5.75 Å². The minimum Gasteiger partial charge on any atom is -0.494 e. The maximum atomic E-state index is 13.6. The Hall–Kier alpha value is -1.99. The van der Waals surface area contributed by atoms with Crippen LogP contribution in [0.5, 0.6) is 5.75 Å². The zero-order chi connectivity index (χ0) is 16.3. The number of hydrogen-bond donors (Lipinski definition) is 0. The minimum absolute atomic E-state index is 0.0133. The third kappa shape index (κ3) is 3.42. The fourth-order valence-electron chi connectivity index (χ4n) is 1.94. The Kier molecular flexibility index (Phi) is 4.77. The number of sulfonamides is 1. The van der Waals surface area contributed by atoms with Gasteiger partial charge in [0.15, 0.2) is 11.6 Å². The van der Waals surface area contributed by atoms with Crippen molar-refractivity contribution in [2.24, 2.45) is 0 Å². The number of hydrogen-bond acceptors (Lipinski definition) is 3. The normalized spacial score (nSPS) is 11.7. The van der Waals surface area contributed by atoms with Crippen molar-refractivity contribution < 1.29 is 21.9 Å². The van der Waals surface area contributed by atoms with Crippen molar-refractivity contribution in [1.29, 1.82) is 0 Å². The highest BCUT2D eigenvalue weighted by Gasteiger charge is 2.21. The van der Waals surface area contributed by atoms with Crippen LogP contribution in [0, 0.1) is 11.6 Å². The van der Waals surface area contributed by atoms with Crippen LogP contribution in [0.3, 0.4) is 0 Å². The summed E-state index contributed by atoms with van der Waals surface area (Å²) in [6, 6.07) is 8.77. The molecule has 2 rings (SSSR count). The number of nitrogens with zero attached hydrogens (tertiary/aromatic N) is 1. The van der Waals surface area contributed by atoms with Crippen molar-refractivity contribution in [2.45, 2.75) is 11.4 Å². The summed E-state index contributed by atoms with van der Waals surface area (Å²) in [5.74, 6) is -0.987. The third-order valence-corrected chi connectivity index (χ3v) is 4.96. The van der Waals surface area contributed by atoms with Gasteiger partial charge in [-0.2, -0.15) is 4.31 Å². The fourth-order valence-corrected chi connectivity index (χ4v) is 3.10. The Morgan fingerprint density at radius 3 is 2.27 bits per heavy atom. The van der Waals surface area contributed by atoms with Crippen LogP contribution in [-0.2, 0) is 16.6 Å². The maximum absolute atomic E-state index is 13.6. The second-order valence-corrected chi connectivity index (χ2v) is 6.73. The molecular weight excluding hydrogens is 312 g/mol. The quantitative estimate of drug-likeness (QED) is 0.848. The molecule has 0 saturated heterocycles. The smallest absolute Gasteiger partial charge is 0.243 e. The average molecular weight is 327 g/mol. The van der Waals surface area contributed by atoms with Crippen molar-refractivity contribution >= 4 is 10.0 Å². The zero-order valence-electron chi connectivity index (χ0n) is 12.1. The average Bonchev–Trinajstić information content (AvgIpc) is 2.48. The first-order chi connectivity index (χ1) is 10.3. The predicted octanol–water partition coefficient (Wildman–Crippen LogP) is 2.79. The summed E-state index contributed by atoms with van der Waals surface area (Å²) in [5, 5.41) is 0. The van der Waals surface area contributed by atoms with Gasteiger partial charge < -0.3 is 4.74 Å². The molecule has 22 heavy (non-hydrogen) atoms. The summed E-state index contributed by atoms with van der Waals surface area (Å²) in [5.41, 5.74) is 0.478. The number of rotatable bonds is 5. The molecule has 2 aromatic carbocycles. The molecular formula is C15H15F2NO3S. The van der Waals surface area contributed by atoms with E-state index in [-0.39, 0.29) is 17.2 Å². The molecule has 2 aromatic rings. The summed E-state index contributed by atoms with van der Waals surface area (Å²) in [6.45, 7) is -0.0133. The Labute approximate surface area is 128 Å². The standard InChI is InChI=1S/C15H15F2NO3S/c1-18(10-11-3-8-15(21-2)14(17)9-11)22(19,20)13-6-4-12(16)5-7-13/h3-9H,10H2,1-2H3. The molecule has 0 fully saturated rings. The molecule has 0 amide bonds. The van der Waals surface area contributed by atoms with E-state index in [1.165, 1.54) is 38.4 Å². The lowest BCUT2D eigenvalue weighted by Crippen LogP contribution is -2.26. The second-order valence-electron chi connectivity index (χ2n) is 4.68. The summed E-state index contributed by atoms with van der Waals surface area (Å²) in [7, 11) is -1.04. The first-order valence-corrected chi connectivity index (χ1v) is 7.83. The second kappa shape index (κ2) is 6.41. The highest BCUT2D eigenvalue weighted by molar-refractivity contribution is 7.89. The number of methoxy groups -OCH3 is 1. The van der Waals surface area contributed by atoms with Crippen LogP contribution in [0.2, 0.25) is 0 Å². The van der Waals surface area contributed by atoms with Gasteiger partial charge in [0, 0.05) is 13.6 Å². The van der Waals surface area contributed by atoms with E-state index in [2.05, 4.69) is 0 Å². The van der Waals surface area contributed by atoms with Crippen LogP contribution in [-0.4, -0.2) is 26.9 Å². The van der Waals surface area contributed by atoms with Gasteiger partial charge in [0.05, 0.1) is 12.0 Å². The van der Waals surface area contributed by atoms with Gasteiger partial charge >= 0.3 is 0 Å². The molecule has 0 aromatic heterocycles. The lowest BCUT2D eigenvalue weighted by Gasteiger charge is -2.17. The number of benzene rings is 2. The van der Waals surface area contributed by atoms with E-state index in [1.54, 1.807) is 6.07 Å². The van der Waals surface area contributed by atoms with Gasteiger partial charge in [0.25, 0.3) is 0 Å². The van der Waals surface area contributed by atoms with Crippen molar-refractivity contribution in [3.05, 3.63) is 59.7 Å². The Morgan fingerprint density at radius 2 is 1.73 bits per heavy atom. The Balaban J connectivity index is 2.22. The van der Waals surface area contributed by atoms with Crippen molar-refractivity contribution in [1.82, 2.24) is 4.31 Å². The number of halogens is 2. The molecule has 0 aliphatic rings. The fraction of sp³-hybridized carbons (Fsp3) is 0.200. The molecule has 4 nitrogen and oxygen atoms in total. The summed E-state index contributed by atoms with van der Waals surface area (Å²) in [6.07, 6.45) is 0. The van der Waals surface area contributed by atoms with Crippen LogP contribution in [0.25, 0.3) is 0 Å². The first-order valence-electron chi connectivity index (χ1n) is 6.39. The lowest BCUT2D eigenvalue weighted by molar-refractivity contribution is 0.385. The van der Waals surface area contributed by atoms with Crippen LogP contribution in [0.15, 0.2) is 47.4 Å². The SMILES string of the molecule is COc1ccc(CN(C)S(=O)(=O)c2ccc(F)cc2)cc1F. The van der Waals surface area contributed by atoms with Crippen LogP contribution >= 0.6 is 0 Å². The lowest BCUT2D eigenvalue weighted by atomic mass is 10.2. The van der Waals surface area contributed by atoms with Crippen molar-refractivity contribution in [3.63, 3.8) is 0 Å². The number of ether oxygens (including phenoxy) is 1. The van der Waals surface area contributed by atoms with E-state index < -0.39 is 21.7 Å². The van der Waals surface area contributed by atoms with E-state index in [0.717, 1.165) is 16.4 Å². The topological polar surface area (TPSA) is 46.6 Å². The molecule has 0 radical (unpaired) electrons. The van der Waals surface area contributed by atoms with Gasteiger partial charge in [-0.15, -0.1) is 0 Å². The molecule has 7 heteroatoms. The predicted molar refractivity (Wildman–Crippen MR) is 78.0 cm³/mol. The maximum Gasteiger partial charge on any atom is 0.243 e. The van der Waals surface area contributed by atoms with Crippen LogP contribution < -0.4 is 4.74 Å². The molecule has 0 saturated carbocycles. The van der Waals surface area contributed by atoms with Gasteiger partial charge in [-0.05, 0) is 42.0 Å². The van der Waals surface area contributed by atoms with E-state index in [1.807, 2.05) is 0 Å². The highest BCUT2D eigenvalue weighted by atomic mass is 32.2. The molecule has 0 N–H and O–H groups in total. The van der Waals surface area contributed by atoms with E-state index >= 15 is 0 Å². The zero-order valence-corrected chi connectivity index (χ0v) is 12.9. The third-order valence-electron chi connectivity index (χ3n) is 3.14. The highest BCUT2D eigenvalue weighted by Crippen LogP contribution is 2.21. The Morgan fingerprint density at radius 1 is 1.09 bits per heavy atom. The van der Waals surface area contributed by atoms with Crippen LogP contribution in [0.1, 0.15) is 5.56 Å².